The van der Waals surface area contributed by atoms with Gasteiger partial charge in [-0.15, -0.1) is 0 Å². The molecule has 0 spiro atoms. The molecule has 3 N–H and O–H groups in total. The summed E-state index contributed by atoms with van der Waals surface area (Å²) in [6.07, 6.45) is 1.77. The van der Waals surface area contributed by atoms with Crippen molar-refractivity contribution in [3.05, 3.63) is 35.9 Å². The largest absolute Gasteiger partial charge is 0.436 e. The number of nitrogens with one attached hydrogen (secondary N) is 1. The quantitative estimate of drug-likeness (QED) is 0.389. The molecule has 2 aromatic rings. The number of nitrogen functional groups attached to an aromatic ring is 1. The maximum Gasteiger partial charge on any atom is 0.225 e. The van der Waals surface area contributed by atoms with E-state index in [1.165, 1.54) is 17.8 Å². The topological polar surface area (TPSA) is 73.1 Å². The van der Waals surface area contributed by atoms with Crippen molar-refractivity contribution < 1.29 is 13.5 Å². The molecule has 0 amide bonds. The molecule has 0 bridgehead atoms. The molecular weight excluding hydrogens is 274 g/mol. The van der Waals surface area contributed by atoms with Crippen LogP contribution in [0.15, 0.2) is 29.4 Å². The Labute approximate surface area is 112 Å². The van der Waals surface area contributed by atoms with Crippen molar-refractivity contribution in [2.45, 2.75) is 5.16 Å². The summed E-state index contributed by atoms with van der Waals surface area (Å²) in [5.41, 5.74) is 2.34. The van der Waals surface area contributed by atoms with Gasteiger partial charge in [-0.1, -0.05) is 11.8 Å². The Bertz CT molecular complexity index is 575. The zero-order valence-electron chi connectivity index (χ0n) is 9.85. The smallest absolute Gasteiger partial charge is 0.225 e. The highest BCUT2D eigenvalue weighted by atomic mass is 32.2. The molecule has 1 aromatic heterocycles. The van der Waals surface area contributed by atoms with Crippen molar-refractivity contribution in [1.82, 2.24) is 9.97 Å². The summed E-state index contributed by atoms with van der Waals surface area (Å²) in [7, 11) is 0. The van der Waals surface area contributed by atoms with E-state index in [0.29, 0.717) is 11.0 Å². The molecule has 0 radical (unpaired) electrons. The van der Waals surface area contributed by atoms with E-state index in [1.54, 1.807) is 6.26 Å². The van der Waals surface area contributed by atoms with Gasteiger partial charge in [-0.05, 0) is 18.4 Å². The fraction of sp³-hybridized carbons (Fsp3) is 0.0909. The minimum atomic E-state index is -0.687. The second-order valence-corrected chi connectivity index (χ2v) is 4.17. The van der Waals surface area contributed by atoms with Gasteiger partial charge in [0.25, 0.3) is 0 Å². The fourth-order valence-electron chi connectivity index (χ4n) is 1.29. The van der Waals surface area contributed by atoms with Gasteiger partial charge < -0.3 is 10.2 Å². The van der Waals surface area contributed by atoms with E-state index in [9.17, 15) is 8.78 Å². The lowest BCUT2D eigenvalue weighted by molar-refractivity contribution is 0.418. The van der Waals surface area contributed by atoms with Crippen LogP contribution in [0.2, 0.25) is 0 Å². The Morgan fingerprint density at radius 3 is 2.74 bits per heavy atom. The lowest BCUT2D eigenvalue weighted by atomic mass is 10.3. The van der Waals surface area contributed by atoms with Crippen molar-refractivity contribution in [1.29, 1.82) is 0 Å². The summed E-state index contributed by atoms with van der Waals surface area (Å²) >= 11 is 1.26. The van der Waals surface area contributed by atoms with Crippen molar-refractivity contribution >= 4 is 17.6 Å². The van der Waals surface area contributed by atoms with Crippen LogP contribution in [-0.2, 0) is 0 Å². The highest BCUT2D eigenvalue weighted by Gasteiger charge is 2.10. The second-order valence-electron chi connectivity index (χ2n) is 3.40. The van der Waals surface area contributed by atoms with E-state index >= 15 is 0 Å². The number of nitrogens with two attached hydrogens (primary N) is 1. The number of aromatic nitrogens is 2. The Morgan fingerprint density at radius 1 is 1.26 bits per heavy atom. The molecule has 0 unspecified atom stereocenters. The molecule has 0 saturated carbocycles. The highest BCUT2D eigenvalue weighted by Crippen LogP contribution is 2.26. The first-order valence-electron chi connectivity index (χ1n) is 5.15. The van der Waals surface area contributed by atoms with Crippen LogP contribution in [0.3, 0.4) is 0 Å². The number of hydrogen-bond donors (Lipinski definition) is 2. The predicted octanol–water partition coefficient (Wildman–Crippen LogP) is 2.55. The Kier molecular flexibility index (Phi) is 4.13. The lowest BCUT2D eigenvalue weighted by Crippen LogP contribution is -2.09. The molecule has 8 heteroatoms. The van der Waals surface area contributed by atoms with Gasteiger partial charge in [-0.3, -0.25) is 0 Å². The SMILES string of the molecule is CSc1nc(NN)cc(Oc2cc(F)ccc2F)n1. The van der Waals surface area contributed by atoms with Gasteiger partial charge in [0, 0.05) is 12.1 Å². The third kappa shape index (κ3) is 3.30. The zero-order chi connectivity index (χ0) is 13.8. The van der Waals surface area contributed by atoms with Crippen LogP contribution in [0.1, 0.15) is 0 Å². The summed E-state index contributed by atoms with van der Waals surface area (Å²) in [5, 5.41) is 0.391. The van der Waals surface area contributed by atoms with Gasteiger partial charge in [-0.2, -0.15) is 4.98 Å². The minimum Gasteiger partial charge on any atom is -0.436 e. The number of benzene rings is 1. The summed E-state index contributed by atoms with van der Waals surface area (Å²) in [4.78, 5) is 8.03. The molecule has 1 heterocycles. The molecule has 5 nitrogen and oxygen atoms in total. The van der Waals surface area contributed by atoms with E-state index in [-0.39, 0.29) is 11.6 Å². The first kappa shape index (κ1) is 13.5. The molecule has 0 fully saturated rings. The summed E-state index contributed by atoms with van der Waals surface area (Å²) < 4.78 is 31.7. The van der Waals surface area contributed by atoms with Gasteiger partial charge in [-0.25, -0.2) is 19.6 Å². The number of hydrogen-bond acceptors (Lipinski definition) is 6. The van der Waals surface area contributed by atoms with Crippen molar-refractivity contribution in [3.63, 3.8) is 0 Å². The molecule has 0 atom stereocenters. The van der Waals surface area contributed by atoms with Crippen LogP contribution in [-0.4, -0.2) is 16.2 Å². The molecular formula is C11H10F2N4OS. The van der Waals surface area contributed by atoms with Crippen molar-refractivity contribution in [2.24, 2.45) is 5.84 Å². The second kappa shape index (κ2) is 5.81. The van der Waals surface area contributed by atoms with E-state index in [0.717, 1.165) is 18.2 Å². The first-order chi connectivity index (χ1) is 9.12. The Hall–Kier alpha value is -1.93. The third-order valence-corrected chi connectivity index (χ3v) is 2.67. The van der Waals surface area contributed by atoms with Crippen LogP contribution in [0.25, 0.3) is 0 Å². The maximum absolute atomic E-state index is 13.4. The van der Waals surface area contributed by atoms with E-state index in [2.05, 4.69) is 15.4 Å². The lowest BCUT2D eigenvalue weighted by Gasteiger charge is -2.08. The van der Waals surface area contributed by atoms with Crippen LogP contribution in [0.4, 0.5) is 14.6 Å². The molecule has 2 rings (SSSR count). The van der Waals surface area contributed by atoms with Gasteiger partial charge in [0.1, 0.15) is 11.6 Å². The van der Waals surface area contributed by atoms with Gasteiger partial charge in [0.2, 0.25) is 5.88 Å². The maximum atomic E-state index is 13.4. The van der Waals surface area contributed by atoms with Gasteiger partial charge in [0.15, 0.2) is 16.7 Å². The number of anilines is 1. The number of rotatable bonds is 4. The highest BCUT2D eigenvalue weighted by molar-refractivity contribution is 7.98. The standard InChI is InChI=1S/C11H10F2N4OS/c1-19-11-15-9(17-14)5-10(16-11)18-8-4-6(12)2-3-7(8)13/h2-5H,14H2,1H3,(H,15,16,17). The third-order valence-electron chi connectivity index (χ3n) is 2.12. The van der Waals surface area contributed by atoms with E-state index in [4.69, 9.17) is 10.6 Å². The molecule has 19 heavy (non-hydrogen) atoms. The Balaban J connectivity index is 2.34. The first-order valence-corrected chi connectivity index (χ1v) is 6.37. The van der Waals surface area contributed by atoms with Crippen molar-refractivity contribution in [3.8, 4) is 11.6 Å². The summed E-state index contributed by atoms with van der Waals surface area (Å²) in [5.74, 6) is 4.08. The molecule has 0 aliphatic heterocycles. The average Bonchev–Trinajstić information content (AvgIpc) is 2.42. The molecule has 0 aliphatic carbocycles. The average molecular weight is 284 g/mol. The normalized spacial score (nSPS) is 10.3. The van der Waals surface area contributed by atoms with Gasteiger partial charge in [0.05, 0.1) is 0 Å². The molecule has 100 valence electrons. The molecule has 1 aromatic carbocycles. The molecule has 0 aliphatic rings. The molecule has 0 saturated heterocycles. The van der Waals surface area contributed by atoms with Crippen LogP contribution in [0, 0.1) is 11.6 Å². The monoisotopic (exact) mass is 284 g/mol. The number of halogens is 2. The predicted molar refractivity (Wildman–Crippen MR) is 68.1 cm³/mol. The summed E-state index contributed by atoms with van der Waals surface area (Å²) in [6.45, 7) is 0. The minimum absolute atomic E-state index is 0.0665. The number of nitrogens with zero attached hydrogens (tertiary/aromatic N) is 2. The van der Waals surface area contributed by atoms with E-state index in [1.807, 2.05) is 0 Å². The van der Waals surface area contributed by atoms with E-state index < -0.39 is 11.6 Å². The fourth-order valence-corrected chi connectivity index (χ4v) is 1.66. The zero-order valence-corrected chi connectivity index (χ0v) is 10.7. The Morgan fingerprint density at radius 2 is 2.05 bits per heavy atom. The van der Waals surface area contributed by atoms with Crippen molar-refractivity contribution in [2.75, 3.05) is 11.7 Å². The number of thioether (sulfide) groups is 1. The summed E-state index contributed by atoms with van der Waals surface area (Å²) in [6, 6.07) is 4.29. The number of hydrazine groups is 1. The van der Waals surface area contributed by atoms with Crippen LogP contribution >= 0.6 is 11.8 Å². The van der Waals surface area contributed by atoms with Crippen LogP contribution in [0.5, 0.6) is 11.6 Å². The van der Waals surface area contributed by atoms with Gasteiger partial charge >= 0.3 is 0 Å². The van der Waals surface area contributed by atoms with Crippen LogP contribution < -0.4 is 16.0 Å². The number of ether oxygens (including phenoxy) is 1.